The minimum Gasteiger partial charge on any atom is -0.469 e. The predicted molar refractivity (Wildman–Crippen MR) is 64.2 cm³/mol. The SMILES string of the molecule is CNC(Cc1ccco1)C1C2CCCCC21. The molecule has 0 amide bonds. The molecule has 1 N–H and O–H groups in total. The highest BCUT2D eigenvalue weighted by molar-refractivity contribution is 5.09. The van der Waals surface area contributed by atoms with Crippen LogP contribution >= 0.6 is 0 Å². The van der Waals surface area contributed by atoms with Crippen molar-refractivity contribution in [2.24, 2.45) is 17.8 Å². The Balaban J connectivity index is 1.63. The molecule has 2 fully saturated rings. The van der Waals surface area contributed by atoms with Crippen LogP contribution in [0.1, 0.15) is 31.4 Å². The molecular weight excluding hydrogens is 198 g/mol. The number of hydrogen-bond acceptors (Lipinski definition) is 2. The third-order valence-electron chi connectivity index (χ3n) is 4.56. The van der Waals surface area contributed by atoms with E-state index in [9.17, 15) is 0 Å². The maximum absolute atomic E-state index is 5.46. The van der Waals surface area contributed by atoms with Crippen molar-refractivity contribution in [3.63, 3.8) is 0 Å². The lowest BCUT2D eigenvalue weighted by Gasteiger charge is -2.14. The highest BCUT2D eigenvalue weighted by Gasteiger charge is 2.53. The predicted octanol–water partition coefficient (Wildman–Crippen LogP) is 2.85. The largest absolute Gasteiger partial charge is 0.469 e. The van der Waals surface area contributed by atoms with Crippen LogP contribution in [-0.4, -0.2) is 13.1 Å². The lowest BCUT2D eigenvalue weighted by molar-refractivity contribution is 0.411. The molecule has 0 spiro atoms. The second-order valence-corrected chi connectivity index (χ2v) is 5.37. The third kappa shape index (κ3) is 1.80. The van der Waals surface area contributed by atoms with Crippen molar-refractivity contribution in [2.75, 3.05) is 7.05 Å². The monoisotopic (exact) mass is 219 g/mol. The van der Waals surface area contributed by atoms with E-state index in [-0.39, 0.29) is 0 Å². The molecule has 0 radical (unpaired) electrons. The molecule has 2 heteroatoms. The molecule has 1 aromatic heterocycles. The number of likely N-dealkylation sites (N-methyl/N-ethyl adjacent to an activating group) is 1. The first-order valence-electron chi connectivity index (χ1n) is 6.60. The molecule has 2 aliphatic rings. The van der Waals surface area contributed by atoms with Gasteiger partial charge in [-0.15, -0.1) is 0 Å². The fraction of sp³-hybridized carbons (Fsp3) is 0.714. The molecule has 3 unspecified atom stereocenters. The molecule has 16 heavy (non-hydrogen) atoms. The maximum Gasteiger partial charge on any atom is 0.105 e. The number of furan rings is 1. The second-order valence-electron chi connectivity index (χ2n) is 5.37. The summed E-state index contributed by atoms with van der Waals surface area (Å²) in [6.45, 7) is 0. The molecule has 88 valence electrons. The van der Waals surface area contributed by atoms with Gasteiger partial charge in [-0.05, 0) is 49.8 Å². The van der Waals surface area contributed by atoms with Gasteiger partial charge in [-0.3, -0.25) is 0 Å². The molecule has 2 aliphatic carbocycles. The van der Waals surface area contributed by atoms with Crippen LogP contribution in [0.3, 0.4) is 0 Å². The van der Waals surface area contributed by atoms with Gasteiger partial charge in [0.05, 0.1) is 6.26 Å². The van der Waals surface area contributed by atoms with Crippen molar-refractivity contribution in [3.8, 4) is 0 Å². The lowest BCUT2D eigenvalue weighted by atomic mass is 10.0. The standard InChI is InChI=1S/C14H21NO/c1-15-13(9-10-5-4-8-16-10)14-11-6-2-3-7-12(11)14/h4-5,8,11-15H,2-3,6-7,9H2,1H3. The first-order valence-corrected chi connectivity index (χ1v) is 6.60. The van der Waals surface area contributed by atoms with Crippen molar-refractivity contribution in [1.29, 1.82) is 0 Å². The van der Waals surface area contributed by atoms with E-state index < -0.39 is 0 Å². The van der Waals surface area contributed by atoms with Crippen molar-refractivity contribution in [1.82, 2.24) is 5.32 Å². The van der Waals surface area contributed by atoms with Gasteiger partial charge in [0.15, 0.2) is 0 Å². The molecule has 0 aliphatic heterocycles. The van der Waals surface area contributed by atoms with Gasteiger partial charge in [0.2, 0.25) is 0 Å². The van der Waals surface area contributed by atoms with E-state index >= 15 is 0 Å². The van der Waals surface area contributed by atoms with E-state index in [1.165, 1.54) is 25.7 Å². The molecule has 2 nitrogen and oxygen atoms in total. The Bertz CT molecular complexity index is 321. The average Bonchev–Trinajstić information content (AvgIpc) is 2.81. The highest BCUT2D eigenvalue weighted by atomic mass is 16.3. The first-order chi connectivity index (χ1) is 7.90. The number of nitrogens with one attached hydrogen (secondary N) is 1. The Morgan fingerprint density at radius 3 is 2.69 bits per heavy atom. The van der Waals surface area contributed by atoms with Gasteiger partial charge >= 0.3 is 0 Å². The fourth-order valence-corrected chi connectivity index (χ4v) is 3.72. The average molecular weight is 219 g/mol. The number of rotatable bonds is 4. The van der Waals surface area contributed by atoms with E-state index in [4.69, 9.17) is 4.42 Å². The van der Waals surface area contributed by atoms with Crippen molar-refractivity contribution in [2.45, 2.75) is 38.1 Å². The van der Waals surface area contributed by atoms with E-state index in [2.05, 4.69) is 18.4 Å². The summed E-state index contributed by atoms with van der Waals surface area (Å²) in [5, 5.41) is 3.50. The summed E-state index contributed by atoms with van der Waals surface area (Å²) < 4.78 is 5.46. The minimum atomic E-state index is 0.624. The van der Waals surface area contributed by atoms with Gasteiger partial charge in [-0.25, -0.2) is 0 Å². The van der Waals surface area contributed by atoms with Crippen molar-refractivity contribution in [3.05, 3.63) is 24.2 Å². The molecule has 1 aromatic rings. The minimum absolute atomic E-state index is 0.624. The molecule has 0 aromatic carbocycles. The van der Waals surface area contributed by atoms with Crippen LogP contribution in [0.4, 0.5) is 0 Å². The molecule has 3 atom stereocenters. The Labute approximate surface area is 97.4 Å². The van der Waals surface area contributed by atoms with E-state index in [1.807, 2.05) is 6.07 Å². The molecule has 3 rings (SSSR count). The quantitative estimate of drug-likeness (QED) is 0.842. The molecule has 0 saturated heterocycles. The van der Waals surface area contributed by atoms with Crippen molar-refractivity contribution < 1.29 is 4.42 Å². The third-order valence-corrected chi connectivity index (χ3v) is 4.56. The summed E-state index contributed by atoms with van der Waals surface area (Å²) in [6, 6.07) is 4.71. The fourth-order valence-electron chi connectivity index (χ4n) is 3.72. The van der Waals surface area contributed by atoms with Gasteiger partial charge in [-0.2, -0.15) is 0 Å². The summed E-state index contributed by atoms with van der Waals surface area (Å²) in [7, 11) is 2.10. The lowest BCUT2D eigenvalue weighted by Crippen LogP contribution is -2.30. The van der Waals surface area contributed by atoms with E-state index in [0.29, 0.717) is 6.04 Å². The first kappa shape index (κ1) is 10.4. The Morgan fingerprint density at radius 1 is 1.38 bits per heavy atom. The zero-order valence-electron chi connectivity index (χ0n) is 9.99. The van der Waals surface area contributed by atoms with Crippen LogP contribution in [0, 0.1) is 17.8 Å². The number of hydrogen-bond donors (Lipinski definition) is 1. The van der Waals surface area contributed by atoms with E-state index in [1.54, 1.807) is 6.26 Å². The van der Waals surface area contributed by atoms with Crippen LogP contribution < -0.4 is 5.32 Å². The van der Waals surface area contributed by atoms with Crippen LogP contribution in [0.5, 0.6) is 0 Å². The molecular formula is C14H21NO. The maximum atomic E-state index is 5.46. The highest BCUT2D eigenvalue weighted by Crippen LogP contribution is 2.57. The molecule has 1 heterocycles. The van der Waals surface area contributed by atoms with Gasteiger partial charge < -0.3 is 9.73 Å². The molecule has 2 saturated carbocycles. The Kier molecular flexibility index (Phi) is 2.76. The summed E-state index contributed by atoms with van der Waals surface area (Å²) in [5.41, 5.74) is 0. The van der Waals surface area contributed by atoms with Gasteiger partial charge in [0.1, 0.15) is 5.76 Å². The zero-order valence-corrected chi connectivity index (χ0v) is 9.99. The van der Waals surface area contributed by atoms with Crippen LogP contribution in [-0.2, 0) is 6.42 Å². The summed E-state index contributed by atoms with van der Waals surface area (Å²) >= 11 is 0. The van der Waals surface area contributed by atoms with Gasteiger partial charge in [0, 0.05) is 12.5 Å². The van der Waals surface area contributed by atoms with Crippen molar-refractivity contribution >= 4 is 0 Å². The van der Waals surface area contributed by atoms with Crippen LogP contribution in [0.15, 0.2) is 22.8 Å². The van der Waals surface area contributed by atoms with Gasteiger partial charge in [-0.1, -0.05) is 12.8 Å². The second kappa shape index (κ2) is 4.25. The van der Waals surface area contributed by atoms with Crippen LogP contribution in [0.25, 0.3) is 0 Å². The summed E-state index contributed by atoms with van der Waals surface area (Å²) in [5.74, 6) is 4.07. The number of fused-ring (bicyclic) bond motifs is 1. The Hall–Kier alpha value is -0.760. The Morgan fingerprint density at radius 2 is 2.12 bits per heavy atom. The molecule has 0 bridgehead atoms. The van der Waals surface area contributed by atoms with E-state index in [0.717, 1.165) is 29.9 Å². The topological polar surface area (TPSA) is 25.2 Å². The summed E-state index contributed by atoms with van der Waals surface area (Å²) in [4.78, 5) is 0. The normalized spacial score (nSPS) is 34.4. The zero-order chi connectivity index (χ0) is 11.0. The summed E-state index contributed by atoms with van der Waals surface area (Å²) in [6.07, 6.45) is 8.67. The smallest absolute Gasteiger partial charge is 0.105 e. The van der Waals surface area contributed by atoms with Crippen LogP contribution in [0.2, 0.25) is 0 Å². The van der Waals surface area contributed by atoms with Gasteiger partial charge in [0.25, 0.3) is 0 Å².